The zero-order valence-electron chi connectivity index (χ0n) is 49.7. The number of ether oxygens (including phenoxy) is 6. The van der Waals surface area contributed by atoms with Gasteiger partial charge in [-0.15, -0.1) is 10.2 Å². The first kappa shape index (κ1) is 55.2. The van der Waals surface area contributed by atoms with Crippen LogP contribution in [0.3, 0.4) is 0 Å². The molecule has 86 heavy (non-hydrogen) atoms. The molecule has 4 bridgehead atoms. The SMILES string of the molecule is CCC1CN2CCC1CC2C(Oc1nnc(OC(c2ccnc3ccc(OC)cc23)C2CC3CCN2CC3CC)c2nc(-c3ccc(-c4ccc(OC)cc4)cc3)c(-c3ccc(-c4ccc(OC)cc4)cc3)nc12)c1ccnc2ccc(OC)cc12. The lowest BCUT2D eigenvalue weighted by molar-refractivity contribution is -0.0505. The summed E-state index contributed by atoms with van der Waals surface area (Å²) in [6.07, 6.45) is 9.33. The fourth-order valence-electron chi connectivity index (χ4n) is 14.6. The van der Waals surface area contributed by atoms with Gasteiger partial charge in [-0.2, -0.15) is 0 Å². The van der Waals surface area contributed by atoms with E-state index in [1.54, 1.807) is 28.4 Å². The summed E-state index contributed by atoms with van der Waals surface area (Å²) in [7, 11) is 6.78. The van der Waals surface area contributed by atoms with Gasteiger partial charge in [0.1, 0.15) is 35.2 Å². The van der Waals surface area contributed by atoms with Crippen molar-refractivity contribution in [2.75, 3.05) is 54.6 Å². The fourth-order valence-corrected chi connectivity index (χ4v) is 14.6. The summed E-state index contributed by atoms with van der Waals surface area (Å²) < 4.78 is 38.1. The molecule has 4 aromatic heterocycles. The molecule has 0 aliphatic carbocycles. The topological polar surface area (TPSA) is 139 Å². The van der Waals surface area contributed by atoms with Crippen LogP contribution >= 0.6 is 0 Å². The number of fused-ring (bicyclic) bond motifs is 9. The molecule has 0 saturated carbocycles. The molecule has 6 aliphatic rings. The predicted octanol–water partition coefficient (Wildman–Crippen LogP) is 14.7. The van der Waals surface area contributed by atoms with Crippen molar-refractivity contribution >= 4 is 32.8 Å². The van der Waals surface area contributed by atoms with Crippen LogP contribution in [0.5, 0.6) is 34.8 Å². The third kappa shape index (κ3) is 10.4. The first-order chi connectivity index (χ1) is 42.3. The van der Waals surface area contributed by atoms with Gasteiger partial charge < -0.3 is 28.4 Å². The molecule has 10 aromatic rings. The van der Waals surface area contributed by atoms with Gasteiger partial charge in [0.15, 0.2) is 11.0 Å². The predicted molar refractivity (Wildman–Crippen MR) is 337 cm³/mol. The monoisotopic (exact) mass is 1140 g/mol. The standard InChI is InChI=1S/C72H72N8O6/c1-7-43-41-79-35-31-51(43)37-63(79)69(57-29-33-73-61-27-25-55(83-5)39-59(57)61)85-71-67-68(72(78-77-71)86-70(64-38-52-32-36-80(64)42-44(52)8-2)58-30-34-74-62-28-26-56(84-6)40-60(58)62)76-66(50-15-11-46(12-16-50)48-19-23-54(82-4)24-20-48)65(75-67)49-13-9-45(10-14-49)47-17-21-53(81-3)22-18-47/h9-30,33-34,39-40,43-44,51-52,63-64,69-70H,7-8,31-32,35-38,41-42H2,1-6H3. The van der Waals surface area contributed by atoms with E-state index in [4.69, 9.17) is 58.6 Å². The number of hydrogen-bond acceptors (Lipinski definition) is 14. The van der Waals surface area contributed by atoms with Gasteiger partial charge in [0.2, 0.25) is 0 Å². The summed E-state index contributed by atoms with van der Waals surface area (Å²) in [4.78, 5) is 26.6. The van der Waals surface area contributed by atoms with Crippen molar-refractivity contribution in [2.24, 2.45) is 23.7 Å². The van der Waals surface area contributed by atoms with Gasteiger partial charge >= 0.3 is 0 Å². The van der Waals surface area contributed by atoms with Crippen LogP contribution < -0.4 is 28.4 Å². The zero-order valence-corrected chi connectivity index (χ0v) is 49.7. The van der Waals surface area contributed by atoms with Crippen LogP contribution in [0.15, 0.2) is 158 Å². The molecule has 436 valence electrons. The van der Waals surface area contributed by atoms with Crippen molar-refractivity contribution in [2.45, 2.75) is 76.7 Å². The Morgan fingerprint density at radius 2 is 0.802 bits per heavy atom. The van der Waals surface area contributed by atoms with Crippen LogP contribution in [0.2, 0.25) is 0 Å². The minimum absolute atomic E-state index is 0.0200. The average molecular weight is 1150 g/mol. The van der Waals surface area contributed by atoms with Crippen molar-refractivity contribution in [3.63, 3.8) is 0 Å². The van der Waals surface area contributed by atoms with Crippen LogP contribution in [0.25, 0.3) is 77.6 Å². The summed E-state index contributed by atoms with van der Waals surface area (Å²) in [5.74, 6) is 6.00. The molecule has 6 aliphatic heterocycles. The van der Waals surface area contributed by atoms with Gasteiger partial charge in [-0.25, -0.2) is 9.97 Å². The van der Waals surface area contributed by atoms with Gasteiger partial charge in [-0.3, -0.25) is 19.8 Å². The molecule has 6 saturated heterocycles. The Labute approximate surface area is 502 Å². The van der Waals surface area contributed by atoms with E-state index in [-0.39, 0.29) is 23.8 Å². The molecule has 10 heterocycles. The van der Waals surface area contributed by atoms with Crippen LogP contribution in [0.4, 0.5) is 0 Å². The first-order valence-electron chi connectivity index (χ1n) is 30.5. The van der Waals surface area contributed by atoms with E-state index in [2.05, 4.69) is 121 Å². The van der Waals surface area contributed by atoms with E-state index in [9.17, 15) is 0 Å². The van der Waals surface area contributed by atoms with Crippen LogP contribution in [-0.2, 0) is 0 Å². The van der Waals surface area contributed by atoms with E-state index in [0.29, 0.717) is 46.1 Å². The lowest BCUT2D eigenvalue weighted by atomic mass is 9.72. The van der Waals surface area contributed by atoms with Gasteiger partial charge in [0.05, 0.1) is 62.9 Å². The number of methoxy groups -OCH3 is 4. The fraction of sp³-hybridized carbons (Fsp3) is 0.333. The molecule has 10 unspecified atom stereocenters. The second-order valence-electron chi connectivity index (χ2n) is 23.7. The second-order valence-corrected chi connectivity index (χ2v) is 23.7. The van der Waals surface area contributed by atoms with Crippen LogP contribution in [0.1, 0.15) is 75.7 Å². The Morgan fingerprint density at radius 1 is 0.442 bits per heavy atom. The number of aromatic nitrogens is 6. The molecular weight excluding hydrogens is 1070 g/mol. The smallest absolute Gasteiger partial charge is 0.262 e. The van der Waals surface area contributed by atoms with Gasteiger partial charge in [0.25, 0.3) is 11.8 Å². The Hall–Kier alpha value is -8.72. The Bertz CT molecular complexity index is 3810. The lowest BCUT2D eigenvalue weighted by Gasteiger charge is -2.52. The maximum Gasteiger partial charge on any atom is 0.262 e. The molecule has 16 rings (SSSR count). The first-order valence-corrected chi connectivity index (χ1v) is 30.5. The Morgan fingerprint density at radius 3 is 1.15 bits per heavy atom. The molecule has 0 amide bonds. The highest BCUT2D eigenvalue weighted by Crippen LogP contribution is 2.49. The zero-order chi connectivity index (χ0) is 58.4. The number of piperidine rings is 6. The summed E-state index contributed by atoms with van der Waals surface area (Å²) in [5.41, 5.74) is 11.9. The van der Waals surface area contributed by atoms with Gasteiger partial charge in [0, 0.05) is 58.5 Å². The molecule has 0 radical (unpaired) electrons. The normalized spacial score (nSPS) is 22.2. The molecule has 0 N–H and O–H groups in total. The van der Waals surface area contributed by atoms with Crippen molar-refractivity contribution in [1.82, 2.24) is 39.9 Å². The lowest BCUT2D eigenvalue weighted by Crippen LogP contribution is -2.56. The third-order valence-corrected chi connectivity index (χ3v) is 19.4. The average Bonchev–Trinajstić information content (AvgIpc) is 1.33. The maximum absolute atomic E-state index is 7.69. The van der Waals surface area contributed by atoms with E-state index >= 15 is 0 Å². The summed E-state index contributed by atoms with van der Waals surface area (Å²) in [6, 6.07) is 49.7. The second kappa shape index (κ2) is 23.6. The Kier molecular flexibility index (Phi) is 15.2. The van der Waals surface area contributed by atoms with Crippen molar-refractivity contribution in [1.29, 1.82) is 0 Å². The minimum Gasteiger partial charge on any atom is -0.497 e. The summed E-state index contributed by atoms with van der Waals surface area (Å²) in [5, 5.41) is 12.3. The third-order valence-electron chi connectivity index (χ3n) is 19.4. The van der Waals surface area contributed by atoms with Crippen LogP contribution in [0, 0.1) is 23.7 Å². The molecular formula is C72H72N8O6. The quantitative estimate of drug-likeness (QED) is 0.0805. The largest absolute Gasteiger partial charge is 0.497 e. The van der Waals surface area contributed by atoms with E-state index < -0.39 is 12.2 Å². The maximum atomic E-state index is 7.69. The van der Waals surface area contributed by atoms with Crippen molar-refractivity contribution in [3.05, 3.63) is 169 Å². The van der Waals surface area contributed by atoms with Gasteiger partial charge in [-0.05, 0) is 157 Å². The van der Waals surface area contributed by atoms with Gasteiger partial charge in [-0.1, -0.05) is 99.5 Å². The molecule has 14 nitrogen and oxygen atoms in total. The number of benzene rings is 6. The molecule has 6 aromatic carbocycles. The molecule has 14 heteroatoms. The number of nitrogens with zero attached hydrogens (tertiary/aromatic N) is 8. The molecule has 10 atom stereocenters. The highest BCUT2D eigenvalue weighted by Gasteiger charge is 2.47. The number of pyridine rings is 2. The van der Waals surface area contributed by atoms with E-state index in [0.717, 1.165) is 154 Å². The molecule has 6 fully saturated rings. The number of hydrogen-bond donors (Lipinski definition) is 0. The summed E-state index contributed by atoms with van der Waals surface area (Å²) >= 11 is 0. The Balaban J connectivity index is 0.986. The number of rotatable bonds is 18. The molecule has 0 spiro atoms. The van der Waals surface area contributed by atoms with E-state index in [1.807, 2.05) is 60.9 Å². The minimum atomic E-state index is -0.500. The van der Waals surface area contributed by atoms with Crippen molar-refractivity contribution < 1.29 is 28.4 Å². The van der Waals surface area contributed by atoms with E-state index in [1.165, 1.54) is 0 Å². The van der Waals surface area contributed by atoms with Crippen LogP contribution in [-0.4, -0.2) is 107 Å². The van der Waals surface area contributed by atoms with Crippen molar-refractivity contribution in [3.8, 4) is 79.5 Å². The highest BCUT2D eigenvalue weighted by atomic mass is 16.5. The highest BCUT2D eigenvalue weighted by molar-refractivity contribution is 5.92. The summed E-state index contributed by atoms with van der Waals surface area (Å²) in [6.45, 7) is 8.64.